The molecule has 152 valence electrons. The van der Waals surface area contributed by atoms with E-state index < -0.39 is 16.0 Å². The van der Waals surface area contributed by atoms with E-state index in [1.54, 1.807) is 7.05 Å². The maximum Gasteiger partial charge on any atom is 0.304 e. The minimum atomic E-state index is -3.56. The monoisotopic (exact) mass is 435 g/mol. The lowest BCUT2D eigenvalue weighted by atomic mass is 10.2. The van der Waals surface area contributed by atoms with Crippen LogP contribution in [0, 0.1) is 0 Å². The molecule has 2 heterocycles. The van der Waals surface area contributed by atoms with Crippen LogP contribution in [0.5, 0.6) is 0 Å². The molecule has 1 aliphatic heterocycles. The highest BCUT2D eigenvalue weighted by atomic mass is 33.1. The highest BCUT2D eigenvalue weighted by molar-refractivity contribution is 8.76. The molecule has 0 saturated carbocycles. The Hall–Kier alpha value is -1.17. The number of aryl methyl sites for hydroxylation is 1. The summed E-state index contributed by atoms with van der Waals surface area (Å²) in [7, 11) is 1.03. The molecule has 0 spiro atoms. The summed E-state index contributed by atoms with van der Waals surface area (Å²) in [5.41, 5.74) is 0.300. The number of sulfonamides is 1. The molecule has 1 aromatic heterocycles. The number of carboxylic acids is 1. The van der Waals surface area contributed by atoms with Crippen molar-refractivity contribution < 1.29 is 23.1 Å². The number of carboxylic acid groups (broad SMARTS) is 1. The van der Waals surface area contributed by atoms with E-state index in [1.807, 2.05) is 0 Å². The summed E-state index contributed by atoms with van der Waals surface area (Å²) in [4.78, 5) is 22.9. The Kier molecular flexibility index (Phi) is 8.52. The summed E-state index contributed by atoms with van der Waals surface area (Å²) in [6.45, 7) is 1.47. The van der Waals surface area contributed by atoms with Gasteiger partial charge in [0.2, 0.25) is 10.0 Å². The van der Waals surface area contributed by atoms with Gasteiger partial charge in [0.15, 0.2) is 0 Å². The minimum Gasteiger partial charge on any atom is -0.481 e. The van der Waals surface area contributed by atoms with Crippen molar-refractivity contribution in [2.24, 2.45) is 7.05 Å². The van der Waals surface area contributed by atoms with Gasteiger partial charge in [0.25, 0.3) is 5.91 Å². The number of aromatic nitrogens is 1. The lowest BCUT2D eigenvalue weighted by molar-refractivity contribution is -0.136. The number of aliphatic carboxylic acids is 1. The van der Waals surface area contributed by atoms with E-state index in [9.17, 15) is 18.0 Å². The van der Waals surface area contributed by atoms with Crippen LogP contribution in [-0.4, -0.2) is 65.4 Å². The second-order valence-electron chi connectivity index (χ2n) is 6.18. The molecule has 0 bridgehead atoms. The topological polar surface area (TPSA) is 109 Å². The number of nitrogens with zero attached hydrogens (tertiary/aromatic N) is 2. The third-order valence-corrected chi connectivity index (χ3v) is 8.39. The normalized spacial score (nSPS) is 15.6. The van der Waals surface area contributed by atoms with Gasteiger partial charge < -0.3 is 15.0 Å². The lowest BCUT2D eigenvalue weighted by Gasteiger charge is -2.25. The molecule has 0 aliphatic carbocycles. The zero-order valence-electron chi connectivity index (χ0n) is 15.2. The first-order chi connectivity index (χ1) is 12.8. The van der Waals surface area contributed by atoms with Gasteiger partial charge in [0.05, 0.1) is 6.42 Å². The summed E-state index contributed by atoms with van der Waals surface area (Å²) in [5, 5.41) is 11.3. The third-order valence-electron chi connectivity index (χ3n) is 4.12. The summed E-state index contributed by atoms with van der Waals surface area (Å²) < 4.78 is 28.4. The van der Waals surface area contributed by atoms with Gasteiger partial charge in [-0.1, -0.05) is 28.0 Å². The minimum absolute atomic E-state index is 0.113. The molecule has 1 aliphatic rings. The first kappa shape index (κ1) is 22.1. The third kappa shape index (κ3) is 6.44. The molecular weight excluding hydrogens is 410 g/mol. The molecule has 0 aromatic carbocycles. The second-order valence-corrected chi connectivity index (χ2v) is 10.8. The standard InChI is InChI=1S/C16H25N3O5S3/c1-18-12-13(27(23,24)19-7-3-2-4-8-19)11-14(18)16(22)17-6-10-26-25-9-5-15(20)21/h11-12H,2-10H2,1H3,(H,17,22)(H,20,21). The molecule has 2 rings (SSSR count). The predicted molar refractivity (Wildman–Crippen MR) is 108 cm³/mol. The summed E-state index contributed by atoms with van der Waals surface area (Å²) in [6.07, 6.45) is 4.36. The Labute approximate surface area is 167 Å². The van der Waals surface area contributed by atoms with Crippen molar-refractivity contribution >= 4 is 43.5 Å². The van der Waals surface area contributed by atoms with Crippen molar-refractivity contribution in [3.63, 3.8) is 0 Å². The number of carbonyl (C=O) groups excluding carboxylic acids is 1. The molecular formula is C16H25N3O5S3. The van der Waals surface area contributed by atoms with Crippen LogP contribution in [0.25, 0.3) is 0 Å². The van der Waals surface area contributed by atoms with Crippen LogP contribution < -0.4 is 5.32 Å². The first-order valence-corrected chi connectivity index (χ1v) is 12.7. The van der Waals surface area contributed by atoms with Crippen molar-refractivity contribution in [1.82, 2.24) is 14.2 Å². The highest BCUT2D eigenvalue weighted by Crippen LogP contribution is 2.23. The van der Waals surface area contributed by atoms with Crippen LogP contribution in [-0.2, 0) is 21.9 Å². The highest BCUT2D eigenvalue weighted by Gasteiger charge is 2.28. The molecule has 1 amide bonds. The molecule has 27 heavy (non-hydrogen) atoms. The Morgan fingerprint density at radius 1 is 1.19 bits per heavy atom. The van der Waals surface area contributed by atoms with Gasteiger partial charge in [0.1, 0.15) is 10.6 Å². The molecule has 2 N–H and O–H groups in total. The summed E-state index contributed by atoms with van der Waals surface area (Å²) >= 11 is 0. The number of amides is 1. The molecule has 1 aromatic rings. The smallest absolute Gasteiger partial charge is 0.304 e. The van der Waals surface area contributed by atoms with Crippen LogP contribution in [0.4, 0.5) is 0 Å². The molecule has 0 radical (unpaired) electrons. The predicted octanol–water partition coefficient (Wildman–Crippen LogP) is 1.79. The van der Waals surface area contributed by atoms with E-state index in [-0.39, 0.29) is 17.2 Å². The lowest BCUT2D eigenvalue weighted by Crippen LogP contribution is -2.35. The van der Waals surface area contributed by atoms with Crippen LogP contribution in [0.1, 0.15) is 36.2 Å². The van der Waals surface area contributed by atoms with Crippen LogP contribution in [0.2, 0.25) is 0 Å². The first-order valence-electron chi connectivity index (χ1n) is 8.73. The summed E-state index contributed by atoms with van der Waals surface area (Å²) in [5.74, 6) is 0.00668. The van der Waals surface area contributed by atoms with E-state index in [0.29, 0.717) is 36.8 Å². The van der Waals surface area contributed by atoms with Crippen molar-refractivity contribution in [3.05, 3.63) is 18.0 Å². The van der Waals surface area contributed by atoms with E-state index in [2.05, 4.69) is 5.32 Å². The van der Waals surface area contributed by atoms with E-state index in [1.165, 1.54) is 42.7 Å². The Morgan fingerprint density at radius 2 is 1.85 bits per heavy atom. The average Bonchev–Trinajstić information content (AvgIpc) is 3.04. The number of nitrogens with one attached hydrogen (secondary N) is 1. The summed E-state index contributed by atoms with van der Waals surface area (Å²) in [6, 6.07) is 1.42. The molecule has 8 nitrogen and oxygen atoms in total. The fraction of sp³-hybridized carbons (Fsp3) is 0.625. The van der Waals surface area contributed by atoms with Gasteiger partial charge in [-0.05, 0) is 18.9 Å². The van der Waals surface area contributed by atoms with Crippen molar-refractivity contribution in [3.8, 4) is 0 Å². The van der Waals surface area contributed by atoms with E-state index in [4.69, 9.17) is 5.11 Å². The molecule has 0 unspecified atom stereocenters. The maximum absolute atomic E-state index is 12.7. The van der Waals surface area contributed by atoms with Gasteiger partial charge in [-0.3, -0.25) is 9.59 Å². The zero-order valence-corrected chi connectivity index (χ0v) is 17.7. The fourth-order valence-corrected chi connectivity index (χ4v) is 6.17. The van der Waals surface area contributed by atoms with Crippen LogP contribution >= 0.6 is 21.6 Å². The average molecular weight is 436 g/mol. The largest absolute Gasteiger partial charge is 0.481 e. The molecule has 11 heteroatoms. The number of hydrogen-bond acceptors (Lipinski definition) is 6. The Balaban J connectivity index is 1.86. The van der Waals surface area contributed by atoms with Crippen LogP contribution in [0.3, 0.4) is 0 Å². The second kappa shape index (κ2) is 10.4. The number of rotatable bonds is 10. The Morgan fingerprint density at radius 3 is 2.52 bits per heavy atom. The van der Waals surface area contributed by atoms with E-state index in [0.717, 1.165) is 19.3 Å². The Bertz CT molecular complexity index is 757. The van der Waals surface area contributed by atoms with Gasteiger partial charge in [0, 0.05) is 44.4 Å². The SMILES string of the molecule is Cn1cc(S(=O)(=O)N2CCCCC2)cc1C(=O)NCCSSCCC(=O)O. The quantitative estimate of drug-likeness (QED) is 0.426. The van der Waals surface area contributed by atoms with Crippen molar-refractivity contribution in [2.75, 3.05) is 31.1 Å². The van der Waals surface area contributed by atoms with Gasteiger partial charge >= 0.3 is 5.97 Å². The zero-order chi connectivity index (χ0) is 19.9. The molecule has 1 saturated heterocycles. The van der Waals surface area contributed by atoms with Crippen molar-refractivity contribution in [1.29, 1.82) is 0 Å². The van der Waals surface area contributed by atoms with Gasteiger partial charge in [-0.15, -0.1) is 0 Å². The number of carbonyl (C=O) groups is 2. The number of hydrogen-bond donors (Lipinski definition) is 2. The molecule has 1 fully saturated rings. The van der Waals surface area contributed by atoms with Gasteiger partial charge in [-0.2, -0.15) is 4.31 Å². The number of piperidine rings is 1. The van der Waals surface area contributed by atoms with Crippen LogP contribution in [0.15, 0.2) is 17.2 Å². The van der Waals surface area contributed by atoms with Gasteiger partial charge in [-0.25, -0.2) is 8.42 Å². The van der Waals surface area contributed by atoms with Crippen molar-refractivity contribution in [2.45, 2.75) is 30.6 Å². The molecule has 0 atom stereocenters. The fourth-order valence-electron chi connectivity index (χ4n) is 2.70. The van der Waals surface area contributed by atoms with E-state index >= 15 is 0 Å². The maximum atomic E-state index is 12.7.